The first-order valence-electron chi connectivity index (χ1n) is 11.8. The van der Waals surface area contributed by atoms with Crippen LogP contribution in [0, 0.1) is 11.3 Å². The van der Waals surface area contributed by atoms with Gasteiger partial charge in [0.1, 0.15) is 11.6 Å². The maximum Gasteiger partial charge on any atom is 0.573 e. The number of carboxylic acid groups (broad SMARTS) is 1. The van der Waals surface area contributed by atoms with Gasteiger partial charge in [0.2, 0.25) is 0 Å². The zero-order chi connectivity index (χ0) is 25.8. The molecule has 1 aromatic heterocycles. The Labute approximate surface area is 202 Å². The third kappa shape index (κ3) is 5.16. The fraction of sp³-hybridized carbons (Fsp3) is 0.481. The van der Waals surface area contributed by atoms with E-state index in [-0.39, 0.29) is 22.8 Å². The highest BCUT2D eigenvalue weighted by molar-refractivity contribution is 5.92. The number of hydrogen-bond acceptors (Lipinski definition) is 3. The molecule has 188 valence electrons. The average Bonchev–Trinajstić information content (AvgIpc) is 3.11. The zero-order valence-electron chi connectivity index (χ0n) is 20.6. The molecule has 1 heterocycles. The first kappa shape index (κ1) is 25.1. The molecular weight excluding hydrogens is 457 g/mol. The van der Waals surface area contributed by atoms with Crippen molar-refractivity contribution in [2.24, 2.45) is 11.3 Å². The second-order valence-corrected chi connectivity index (χ2v) is 11.1. The van der Waals surface area contributed by atoms with E-state index in [0.717, 1.165) is 36.2 Å². The van der Waals surface area contributed by atoms with Gasteiger partial charge in [0.05, 0.1) is 16.6 Å². The SMILES string of the molecule is C[C@H]1CC(n2c(C(C)(C)c3ccc(OC(F)(F)F)cc3)nc3cc(C(=O)O)ccc32)CC(C)(C)C1. The Morgan fingerprint density at radius 3 is 2.34 bits per heavy atom. The van der Waals surface area contributed by atoms with Crippen molar-refractivity contribution < 1.29 is 27.8 Å². The summed E-state index contributed by atoms with van der Waals surface area (Å²) in [6, 6.07) is 11.0. The highest BCUT2D eigenvalue weighted by Crippen LogP contribution is 2.47. The largest absolute Gasteiger partial charge is 0.573 e. The maximum atomic E-state index is 12.6. The van der Waals surface area contributed by atoms with Gasteiger partial charge in [-0.15, -0.1) is 13.2 Å². The van der Waals surface area contributed by atoms with Gasteiger partial charge in [-0.2, -0.15) is 0 Å². The number of aromatic nitrogens is 2. The van der Waals surface area contributed by atoms with Crippen LogP contribution in [-0.4, -0.2) is 27.0 Å². The molecule has 0 saturated heterocycles. The van der Waals surface area contributed by atoms with Crippen LogP contribution in [0.1, 0.15) is 81.7 Å². The van der Waals surface area contributed by atoms with E-state index in [1.54, 1.807) is 24.3 Å². The molecule has 35 heavy (non-hydrogen) atoms. The summed E-state index contributed by atoms with van der Waals surface area (Å²) in [5.74, 6) is -0.0295. The summed E-state index contributed by atoms with van der Waals surface area (Å²) < 4.78 is 44.1. The van der Waals surface area contributed by atoms with Crippen molar-refractivity contribution >= 4 is 17.0 Å². The lowest BCUT2D eigenvalue weighted by molar-refractivity contribution is -0.274. The van der Waals surface area contributed by atoms with Gasteiger partial charge in [-0.25, -0.2) is 9.78 Å². The minimum atomic E-state index is -4.75. The number of ether oxygens (including phenoxy) is 1. The van der Waals surface area contributed by atoms with E-state index in [9.17, 15) is 23.1 Å². The quantitative estimate of drug-likeness (QED) is 0.408. The molecule has 1 saturated carbocycles. The lowest BCUT2D eigenvalue weighted by Gasteiger charge is -2.41. The Hall–Kier alpha value is -3.03. The highest BCUT2D eigenvalue weighted by atomic mass is 19.4. The van der Waals surface area contributed by atoms with Gasteiger partial charge in [-0.05, 0) is 80.3 Å². The maximum absolute atomic E-state index is 12.6. The van der Waals surface area contributed by atoms with E-state index in [1.807, 2.05) is 19.9 Å². The summed E-state index contributed by atoms with van der Waals surface area (Å²) in [5.41, 5.74) is 1.88. The number of alkyl halides is 3. The van der Waals surface area contributed by atoms with Gasteiger partial charge in [0.25, 0.3) is 0 Å². The number of nitrogens with zero attached hydrogens (tertiary/aromatic N) is 2. The molecular formula is C27H31F3N2O3. The van der Waals surface area contributed by atoms with Crippen LogP contribution in [0.15, 0.2) is 42.5 Å². The van der Waals surface area contributed by atoms with E-state index in [1.165, 1.54) is 12.1 Å². The lowest BCUT2D eigenvalue weighted by atomic mass is 9.70. The number of halogens is 3. The number of benzene rings is 2. The topological polar surface area (TPSA) is 64.4 Å². The van der Waals surface area contributed by atoms with Crippen molar-refractivity contribution in [2.75, 3.05) is 0 Å². The first-order chi connectivity index (χ1) is 16.2. The number of imidazole rings is 1. The molecule has 1 fully saturated rings. The Bertz CT molecular complexity index is 1240. The molecule has 0 aliphatic heterocycles. The fourth-order valence-electron chi connectivity index (χ4n) is 5.74. The van der Waals surface area contributed by atoms with Crippen LogP contribution in [0.5, 0.6) is 5.75 Å². The van der Waals surface area contributed by atoms with Gasteiger partial charge >= 0.3 is 12.3 Å². The molecule has 2 atom stereocenters. The van der Waals surface area contributed by atoms with E-state index in [0.29, 0.717) is 11.4 Å². The third-order valence-corrected chi connectivity index (χ3v) is 7.03. The van der Waals surface area contributed by atoms with Crippen LogP contribution in [0.4, 0.5) is 13.2 Å². The van der Waals surface area contributed by atoms with Crippen LogP contribution in [0.25, 0.3) is 11.0 Å². The van der Waals surface area contributed by atoms with Crippen LogP contribution in [0.3, 0.4) is 0 Å². The highest BCUT2D eigenvalue weighted by Gasteiger charge is 2.38. The van der Waals surface area contributed by atoms with Crippen molar-refractivity contribution in [3.8, 4) is 5.75 Å². The summed E-state index contributed by atoms with van der Waals surface area (Å²) in [6.07, 6.45) is -1.71. The predicted molar refractivity (Wildman–Crippen MR) is 128 cm³/mol. The molecule has 8 heteroatoms. The second kappa shape index (κ2) is 8.57. The van der Waals surface area contributed by atoms with E-state index >= 15 is 0 Å². The Balaban J connectivity index is 1.85. The van der Waals surface area contributed by atoms with E-state index in [2.05, 4.69) is 30.1 Å². The summed E-state index contributed by atoms with van der Waals surface area (Å²) in [5, 5.41) is 9.49. The Kier molecular flexibility index (Phi) is 6.14. The molecule has 0 radical (unpaired) electrons. The van der Waals surface area contributed by atoms with Gasteiger partial charge in [0.15, 0.2) is 0 Å². The van der Waals surface area contributed by atoms with Crippen molar-refractivity contribution in [3.63, 3.8) is 0 Å². The molecule has 0 spiro atoms. The second-order valence-electron chi connectivity index (χ2n) is 11.1. The van der Waals surface area contributed by atoms with Crippen molar-refractivity contribution in [1.29, 1.82) is 0 Å². The predicted octanol–water partition coefficient (Wildman–Crippen LogP) is 7.35. The fourth-order valence-corrected chi connectivity index (χ4v) is 5.74. The number of aromatic carboxylic acids is 1. The number of carbonyl (C=O) groups is 1. The molecule has 3 aromatic rings. The Morgan fingerprint density at radius 2 is 1.77 bits per heavy atom. The minimum Gasteiger partial charge on any atom is -0.478 e. The number of carboxylic acids is 1. The summed E-state index contributed by atoms with van der Waals surface area (Å²) in [4.78, 5) is 16.5. The summed E-state index contributed by atoms with van der Waals surface area (Å²) >= 11 is 0. The number of rotatable bonds is 5. The molecule has 1 aliphatic carbocycles. The van der Waals surface area contributed by atoms with E-state index < -0.39 is 17.7 Å². The smallest absolute Gasteiger partial charge is 0.478 e. The van der Waals surface area contributed by atoms with Gasteiger partial charge in [-0.1, -0.05) is 32.9 Å². The molecule has 1 aliphatic rings. The lowest BCUT2D eigenvalue weighted by Crippen LogP contribution is -2.33. The number of fused-ring (bicyclic) bond motifs is 1. The molecule has 2 aromatic carbocycles. The Morgan fingerprint density at radius 1 is 1.11 bits per heavy atom. The van der Waals surface area contributed by atoms with Crippen LogP contribution < -0.4 is 4.74 Å². The monoisotopic (exact) mass is 488 g/mol. The van der Waals surface area contributed by atoms with Crippen LogP contribution in [-0.2, 0) is 5.41 Å². The van der Waals surface area contributed by atoms with Crippen molar-refractivity contribution in [1.82, 2.24) is 9.55 Å². The third-order valence-electron chi connectivity index (χ3n) is 7.03. The minimum absolute atomic E-state index is 0.137. The zero-order valence-corrected chi connectivity index (χ0v) is 20.6. The molecule has 0 amide bonds. The van der Waals surface area contributed by atoms with Crippen molar-refractivity contribution in [3.05, 3.63) is 59.4 Å². The standard InChI is InChI=1S/C27H31F3N2O3/c1-16-12-19(15-25(2,3)14-16)32-22-11-6-17(23(33)34)13-21(22)31-24(32)26(4,5)18-7-9-20(10-8-18)35-27(28,29)30/h6-11,13,16,19H,12,14-15H2,1-5H3,(H,33,34)/t16-,19?/m0/s1. The van der Waals surface area contributed by atoms with Gasteiger partial charge < -0.3 is 14.4 Å². The molecule has 5 nitrogen and oxygen atoms in total. The van der Waals surface area contributed by atoms with Gasteiger partial charge in [0, 0.05) is 11.5 Å². The molecule has 4 rings (SSSR count). The van der Waals surface area contributed by atoms with Crippen LogP contribution in [0.2, 0.25) is 0 Å². The normalized spacial score (nSPS) is 20.7. The van der Waals surface area contributed by atoms with E-state index in [4.69, 9.17) is 4.98 Å². The molecule has 1 N–H and O–H groups in total. The van der Waals surface area contributed by atoms with Crippen molar-refractivity contribution in [2.45, 2.75) is 71.7 Å². The number of hydrogen-bond donors (Lipinski definition) is 1. The first-order valence-corrected chi connectivity index (χ1v) is 11.8. The molecule has 1 unspecified atom stereocenters. The van der Waals surface area contributed by atoms with Gasteiger partial charge in [-0.3, -0.25) is 0 Å². The summed E-state index contributed by atoms with van der Waals surface area (Å²) in [7, 11) is 0. The van der Waals surface area contributed by atoms with Crippen LogP contribution >= 0.6 is 0 Å². The summed E-state index contributed by atoms with van der Waals surface area (Å²) in [6.45, 7) is 10.8. The average molecular weight is 489 g/mol. The molecule has 0 bridgehead atoms.